The zero-order chi connectivity index (χ0) is 24.9. The van der Waals surface area contributed by atoms with Crippen molar-refractivity contribution in [3.63, 3.8) is 0 Å². The van der Waals surface area contributed by atoms with Gasteiger partial charge in [-0.25, -0.2) is 14.4 Å². The Labute approximate surface area is 208 Å². The van der Waals surface area contributed by atoms with E-state index in [9.17, 15) is 9.90 Å². The molecule has 0 bridgehead atoms. The van der Waals surface area contributed by atoms with Gasteiger partial charge in [-0.3, -0.25) is 4.79 Å². The molecule has 3 atom stereocenters. The summed E-state index contributed by atoms with van der Waals surface area (Å²) in [5.41, 5.74) is 8.13. The summed E-state index contributed by atoms with van der Waals surface area (Å²) >= 11 is 6.01. The van der Waals surface area contributed by atoms with Crippen LogP contribution in [0.1, 0.15) is 59.3 Å². The average molecular weight is 499 g/mol. The van der Waals surface area contributed by atoms with Crippen LogP contribution in [0.25, 0.3) is 11.3 Å². The van der Waals surface area contributed by atoms with E-state index in [2.05, 4.69) is 10.3 Å². The minimum Gasteiger partial charge on any atom is -0.394 e. The molecule has 35 heavy (non-hydrogen) atoms. The van der Waals surface area contributed by atoms with Gasteiger partial charge in [-0.2, -0.15) is 0 Å². The molecule has 184 valence electrons. The van der Waals surface area contributed by atoms with Crippen molar-refractivity contribution < 1.29 is 19.0 Å². The molecule has 0 radical (unpaired) electrons. The van der Waals surface area contributed by atoms with Crippen molar-refractivity contribution in [3.05, 3.63) is 76.3 Å². The molecule has 2 aromatic carbocycles. The predicted octanol–water partition coefficient (Wildman–Crippen LogP) is 4.65. The van der Waals surface area contributed by atoms with Crippen LogP contribution in [-0.4, -0.2) is 40.8 Å². The van der Waals surface area contributed by atoms with Crippen molar-refractivity contribution in [2.24, 2.45) is 0 Å². The number of carbonyl (C=O) groups is 1. The lowest BCUT2D eigenvalue weighted by molar-refractivity contribution is 0.0630. The van der Waals surface area contributed by atoms with Crippen molar-refractivity contribution in [3.8, 4) is 11.3 Å². The zero-order valence-electron chi connectivity index (χ0n) is 19.4. The number of aliphatic hydroxyl groups is 1. The summed E-state index contributed by atoms with van der Waals surface area (Å²) in [7, 11) is 1.71. The number of hydrogen-bond acceptors (Lipinski definition) is 6. The van der Waals surface area contributed by atoms with Crippen LogP contribution >= 0.6 is 11.6 Å². The lowest BCUT2D eigenvalue weighted by Crippen LogP contribution is -2.31. The zero-order valence-corrected chi connectivity index (χ0v) is 20.1. The lowest BCUT2D eigenvalue weighted by Gasteiger charge is -2.27. The van der Waals surface area contributed by atoms with Gasteiger partial charge in [-0.15, -0.1) is 0 Å². The van der Waals surface area contributed by atoms with Gasteiger partial charge in [0.1, 0.15) is 17.3 Å². The van der Waals surface area contributed by atoms with Crippen LogP contribution in [0, 0.1) is 5.82 Å². The fraction of sp³-hybridized carbons (Fsp3) is 0.346. The minimum atomic E-state index is -0.732. The number of benzene rings is 2. The third-order valence-electron chi connectivity index (χ3n) is 6.42. The van der Waals surface area contributed by atoms with Gasteiger partial charge in [0.15, 0.2) is 0 Å². The fourth-order valence-electron chi connectivity index (χ4n) is 4.49. The first kappa shape index (κ1) is 25.0. The highest BCUT2D eigenvalue weighted by Crippen LogP contribution is 2.35. The molecule has 1 heterocycles. The quantitative estimate of drug-likeness (QED) is 0.437. The Morgan fingerprint density at radius 1 is 1.31 bits per heavy atom. The predicted molar refractivity (Wildman–Crippen MR) is 133 cm³/mol. The third kappa shape index (κ3) is 5.78. The Morgan fingerprint density at radius 3 is 2.86 bits per heavy atom. The number of carbonyl (C=O) groups excluding carboxylic acids is 1. The molecule has 1 amide bonds. The van der Waals surface area contributed by atoms with Gasteiger partial charge < -0.3 is 20.9 Å². The SMILES string of the molecule is CO[C@@H]1CCC[C@H](c2cnc(N)c(-c3ccc(C(=O)NC(CO)c4cccc(Cl)c4)c(F)c3)n2)C1. The highest BCUT2D eigenvalue weighted by atomic mass is 35.5. The van der Waals surface area contributed by atoms with Gasteiger partial charge in [0.2, 0.25) is 0 Å². The second kappa shape index (κ2) is 11.1. The molecular formula is C26H28ClFN4O3. The maximum Gasteiger partial charge on any atom is 0.254 e. The van der Waals surface area contributed by atoms with Gasteiger partial charge >= 0.3 is 0 Å². The van der Waals surface area contributed by atoms with E-state index in [4.69, 9.17) is 27.1 Å². The summed E-state index contributed by atoms with van der Waals surface area (Å²) in [5, 5.41) is 12.9. The molecule has 1 saturated carbocycles. The number of methoxy groups -OCH3 is 1. The molecule has 1 unspecified atom stereocenters. The first-order chi connectivity index (χ1) is 16.9. The monoisotopic (exact) mass is 498 g/mol. The Bertz CT molecular complexity index is 1210. The topological polar surface area (TPSA) is 110 Å². The molecule has 4 rings (SSSR count). The molecule has 1 aliphatic carbocycles. The molecule has 0 aliphatic heterocycles. The van der Waals surface area contributed by atoms with Crippen LogP contribution in [0.2, 0.25) is 5.02 Å². The summed E-state index contributed by atoms with van der Waals surface area (Å²) in [5.74, 6) is -1.01. The van der Waals surface area contributed by atoms with Gasteiger partial charge in [0, 0.05) is 23.6 Å². The molecular weight excluding hydrogens is 471 g/mol. The van der Waals surface area contributed by atoms with Crippen molar-refractivity contribution in [2.75, 3.05) is 19.5 Å². The smallest absolute Gasteiger partial charge is 0.254 e. The van der Waals surface area contributed by atoms with Crippen LogP contribution < -0.4 is 11.1 Å². The Balaban J connectivity index is 1.55. The number of nitrogens with two attached hydrogens (primary N) is 1. The normalized spacial score (nSPS) is 18.7. The first-order valence-corrected chi connectivity index (χ1v) is 11.9. The van der Waals surface area contributed by atoms with E-state index in [1.165, 1.54) is 12.1 Å². The molecule has 3 aromatic rings. The number of anilines is 1. The number of ether oxygens (including phenoxy) is 1. The summed E-state index contributed by atoms with van der Waals surface area (Å²) in [6, 6.07) is 10.2. The van der Waals surface area contributed by atoms with Crippen LogP contribution in [0.15, 0.2) is 48.7 Å². The third-order valence-corrected chi connectivity index (χ3v) is 6.66. The lowest BCUT2D eigenvalue weighted by atomic mass is 9.85. The largest absolute Gasteiger partial charge is 0.394 e. The molecule has 4 N–H and O–H groups in total. The molecule has 0 spiro atoms. The van der Waals surface area contributed by atoms with Gasteiger partial charge in [0.05, 0.1) is 36.2 Å². The number of aliphatic hydroxyl groups excluding tert-OH is 1. The van der Waals surface area contributed by atoms with Crippen molar-refractivity contribution in [2.45, 2.75) is 43.7 Å². The number of nitrogen functional groups attached to an aromatic ring is 1. The van der Waals surface area contributed by atoms with E-state index in [1.807, 2.05) is 0 Å². The summed E-state index contributed by atoms with van der Waals surface area (Å²) in [6.07, 6.45) is 5.73. The van der Waals surface area contributed by atoms with E-state index in [1.54, 1.807) is 43.6 Å². The van der Waals surface area contributed by atoms with E-state index in [-0.39, 0.29) is 30.0 Å². The maximum atomic E-state index is 15.0. The summed E-state index contributed by atoms with van der Waals surface area (Å²) in [4.78, 5) is 21.8. The fourth-order valence-corrected chi connectivity index (χ4v) is 4.69. The second-order valence-electron chi connectivity index (χ2n) is 8.71. The summed E-state index contributed by atoms with van der Waals surface area (Å²) < 4.78 is 20.6. The van der Waals surface area contributed by atoms with Gasteiger partial charge in [0.25, 0.3) is 5.91 Å². The number of amides is 1. The molecule has 7 nitrogen and oxygen atoms in total. The van der Waals surface area contributed by atoms with Crippen LogP contribution in [0.4, 0.5) is 10.2 Å². The standard InChI is InChI=1S/C26H28ClFN4O3/c1-35-19-7-3-5-16(11-19)22-13-30-25(29)24(31-22)17-8-9-20(21(28)12-17)26(34)32-23(14-33)15-4-2-6-18(27)10-15/h2,4,6,8-10,12-13,16,19,23,33H,3,5,7,11,14H2,1H3,(H2,29,30)(H,32,34)/t16-,19+,23?/m0/s1. The van der Waals surface area contributed by atoms with Crippen molar-refractivity contribution in [1.82, 2.24) is 15.3 Å². The highest BCUT2D eigenvalue weighted by molar-refractivity contribution is 6.30. The number of hydrogen-bond donors (Lipinski definition) is 3. The highest BCUT2D eigenvalue weighted by Gasteiger charge is 2.25. The van der Waals surface area contributed by atoms with Gasteiger partial charge in [-0.05, 0) is 49.1 Å². The number of rotatable bonds is 7. The number of halogens is 2. The molecule has 1 aromatic heterocycles. The van der Waals surface area contributed by atoms with E-state index < -0.39 is 17.8 Å². The van der Waals surface area contributed by atoms with Crippen LogP contribution in [0.5, 0.6) is 0 Å². The van der Waals surface area contributed by atoms with E-state index >= 15 is 4.39 Å². The number of nitrogens with one attached hydrogen (secondary N) is 1. The second-order valence-corrected chi connectivity index (χ2v) is 9.14. The number of aromatic nitrogens is 2. The maximum absolute atomic E-state index is 15.0. The van der Waals surface area contributed by atoms with Crippen LogP contribution in [-0.2, 0) is 4.74 Å². The summed E-state index contributed by atoms with van der Waals surface area (Å²) in [6.45, 7) is -0.365. The molecule has 0 saturated heterocycles. The first-order valence-electron chi connectivity index (χ1n) is 11.5. The minimum absolute atomic E-state index is 0.160. The van der Waals surface area contributed by atoms with Crippen molar-refractivity contribution in [1.29, 1.82) is 0 Å². The van der Waals surface area contributed by atoms with E-state index in [0.717, 1.165) is 31.4 Å². The van der Waals surface area contributed by atoms with Crippen LogP contribution in [0.3, 0.4) is 0 Å². The van der Waals surface area contributed by atoms with Crippen molar-refractivity contribution >= 4 is 23.3 Å². The average Bonchev–Trinajstić information content (AvgIpc) is 2.87. The van der Waals surface area contributed by atoms with Gasteiger partial charge in [-0.1, -0.05) is 36.2 Å². The molecule has 9 heteroatoms. The molecule has 1 aliphatic rings. The van der Waals surface area contributed by atoms with E-state index in [0.29, 0.717) is 21.8 Å². The molecule has 1 fully saturated rings. The Morgan fingerprint density at radius 2 is 2.14 bits per heavy atom. The Hall–Kier alpha value is -3.07. The Kier molecular flexibility index (Phi) is 7.95. The number of nitrogens with zero attached hydrogens (tertiary/aromatic N) is 2.